The predicted molar refractivity (Wildman–Crippen MR) is 185 cm³/mol. The fraction of sp³-hybridized carbons (Fsp3) is 0.257. The topological polar surface area (TPSA) is 139 Å². The molecule has 0 bridgehead atoms. The summed E-state index contributed by atoms with van der Waals surface area (Å²) in [4.78, 5) is 40.4. The first-order chi connectivity index (χ1) is 23.0. The first kappa shape index (κ1) is 35.9. The van der Waals surface area contributed by atoms with Crippen LogP contribution in [0.1, 0.15) is 30.0 Å². The van der Waals surface area contributed by atoms with E-state index < -0.39 is 49.9 Å². The van der Waals surface area contributed by atoms with E-state index in [4.69, 9.17) is 16.3 Å². The summed E-state index contributed by atoms with van der Waals surface area (Å²) in [5, 5.41) is 14.8. The van der Waals surface area contributed by atoms with Crippen LogP contribution >= 0.6 is 11.6 Å². The molecular formula is C35H37ClN4O7S. The molecule has 4 aromatic carbocycles. The maximum atomic E-state index is 14.6. The quantitative estimate of drug-likeness (QED) is 0.120. The Balaban J connectivity index is 1.87. The Morgan fingerprint density at radius 1 is 0.958 bits per heavy atom. The molecule has 0 aromatic heterocycles. The molecule has 252 valence electrons. The number of anilines is 1. The zero-order chi connectivity index (χ0) is 34.8. The number of hydrogen-bond donors (Lipinski definition) is 1. The third kappa shape index (κ3) is 8.69. The molecule has 0 unspecified atom stereocenters. The van der Waals surface area contributed by atoms with Gasteiger partial charge in [0.25, 0.3) is 15.7 Å². The first-order valence-corrected chi connectivity index (χ1v) is 17.0. The van der Waals surface area contributed by atoms with E-state index in [1.54, 1.807) is 12.1 Å². The van der Waals surface area contributed by atoms with Crippen LogP contribution in [-0.4, -0.2) is 56.3 Å². The van der Waals surface area contributed by atoms with Gasteiger partial charge in [0.15, 0.2) is 0 Å². The van der Waals surface area contributed by atoms with Crippen LogP contribution in [0.2, 0.25) is 5.02 Å². The van der Waals surface area contributed by atoms with Gasteiger partial charge in [0.1, 0.15) is 18.3 Å². The van der Waals surface area contributed by atoms with Gasteiger partial charge in [0.2, 0.25) is 11.8 Å². The van der Waals surface area contributed by atoms with Crippen molar-refractivity contribution in [2.45, 2.75) is 44.2 Å². The lowest BCUT2D eigenvalue weighted by Gasteiger charge is -2.34. The number of amides is 2. The Hall–Kier alpha value is -4.94. The van der Waals surface area contributed by atoms with Crippen molar-refractivity contribution in [3.8, 4) is 5.75 Å². The number of aryl methyl sites for hydroxylation is 1. The number of nitro groups is 1. The zero-order valence-corrected chi connectivity index (χ0v) is 28.4. The largest absolute Gasteiger partial charge is 0.495 e. The third-order valence-electron chi connectivity index (χ3n) is 7.67. The third-order valence-corrected chi connectivity index (χ3v) is 9.66. The average molecular weight is 693 g/mol. The number of ether oxygens (including phenoxy) is 1. The fourth-order valence-electron chi connectivity index (χ4n) is 5.15. The Bertz CT molecular complexity index is 1860. The van der Waals surface area contributed by atoms with E-state index in [2.05, 4.69) is 5.32 Å². The first-order valence-electron chi connectivity index (χ1n) is 15.2. The van der Waals surface area contributed by atoms with Gasteiger partial charge < -0.3 is 15.0 Å². The van der Waals surface area contributed by atoms with Crippen LogP contribution in [0.4, 0.5) is 11.4 Å². The van der Waals surface area contributed by atoms with Crippen molar-refractivity contribution < 1.29 is 27.7 Å². The summed E-state index contributed by atoms with van der Waals surface area (Å²) in [6, 6.07) is 25.1. The molecule has 0 fully saturated rings. The highest BCUT2D eigenvalue weighted by Crippen LogP contribution is 2.36. The smallest absolute Gasteiger partial charge is 0.273 e. The van der Waals surface area contributed by atoms with Gasteiger partial charge in [-0.3, -0.25) is 24.0 Å². The van der Waals surface area contributed by atoms with E-state index in [1.807, 2.05) is 55.5 Å². The van der Waals surface area contributed by atoms with Crippen LogP contribution in [0.3, 0.4) is 0 Å². The van der Waals surface area contributed by atoms with Crippen LogP contribution in [0.5, 0.6) is 5.75 Å². The molecular weight excluding hydrogens is 656 g/mol. The van der Waals surface area contributed by atoms with Crippen LogP contribution in [0.15, 0.2) is 102 Å². The van der Waals surface area contributed by atoms with Gasteiger partial charge in [-0.15, -0.1) is 0 Å². The lowest BCUT2D eigenvalue weighted by Crippen LogP contribution is -2.53. The molecule has 0 heterocycles. The summed E-state index contributed by atoms with van der Waals surface area (Å²) in [5.74, 6) is -0.999. The number of nitrogens with zero attached hydrogens (tertiary/aromatic N) is 3. The van der Waals surface area contributed by atoms with E-state index in [0.29, 0.717) is 13.0 Å². The second kappa shape index (κ2) is 16.2. The highest BCUT2D eigenvalue weighted by atomic mass is 35.5. The van der Waals surface area contributed by atoms with E-state index in [1.165, 1.54) is 49.3 Å². The molecule has 48 heavy (non-hydrogen) atoms. The van der Waals surface area contributed by atoms with Crippen molar-refractivity contribution in [1.29, 1.82) is 0 Å². The van der Waals surface area contributed by atoms with Crippen molar-refractivity contribution in [2.75, 3.05) is 24.5 Å². The maximum absolute atomic E-state index is 14.6. The molecule has 4 aromatic rings. The standard InChI is InChI=1S/C35H37ClN4O7S/c1-4-19-37-35(42)32(20-26-11-7-5-8-12-26)38(23-27-13-9-6-10-14-27)34(41)24-39(31-21-28(36)16-18-33(31)47-3)48(45,46)29-17-15-25(2)30(22-29)40(43)44/h5-18,21-22,32H,4,19-20,23-24H2,1-3H3,(H,37,42)/t32-/m1/s1. The second-order valence-corrected chi connectivity index (χ2v) is 13.3. The molecule has 0 spiro atoms. The van der Waals surface area contributed by atoms with Gasteiger partial charge in [-0.2, -0.15) is 0 Å². The van der Waals surface area contributed by atoms with Crippen molar-refractivity contribution >= 4 is 44.8 Å². The lowest BCUT2D eigenvalue weighted by atomic mass is 10.0. The molecule has 4 rings (SSSR count). The van der Waals surface area contributed by atoms with Gasteiger partial charge in [0.05, 0.1) is 22.6 Å². The summed E-state index contributed by atoms with van der Waals surface area (Å²) in [6.45, 7) is 3.00. The van der Waals surface area contributed by atoms with Gasteiger partial charge in [-0.25, -0.2) is 8.42 Å². The monoisotopic (exact) mass is 692 g/mol. The zero-order valence-electron chi connectivity index (χ0n) is 26.8. The number of sulfonamides is 1. The van der Waals surface area contributed by atoms with Crippen LogP contribution in [-0.2, 0) is 32.6 Å². The average Bonchev–Trinajstić information content (AvgIpc) is 3.08. The fourth-order valence-corrected chi connectivity index (χ4v) is 6.75. The molecule has 0 aliphatic heterocycles. The number of halogens is 1. The molecule has 13 heteroatoms. The Morgan fingerprint density at radius 2 is 1.60 bits per heavy atom. The summed E-state index contributed by atoms with van der Waals surface area (Å²) >= 11 is 6.32. The molecule has 11 nitrogen and oxygen atoms in total. The molecule has 1 atom stereocenters. The van der Waals surface area contributed by atoms with Gasteiger partial charge >= 0.3 is 0 Å². The van der Waals surface area contributed by atoms with Gasteiger partial charge in [-0.05, 0) is 48.7 Å². The highest BCUT2D eigenvalue weighted by Gasteiger charge is 2.36. The number of methoxy groups -OCH3 is 1. The predicted octanol–water partition coefficient (Wildman–Crippen LogP) is 5.93. The van der Waals surface area contributed by atoms with E-state index in [0.717, 1.165) is 21.5 Å². The maximum Gasteiger partial charge on any atom is 0.273 e. The summed E-state index contributed by atoms with van der Waals surface area (Å²) in [6.07, 6.45) is 0.825. The van der Waals surface area contributed by atoms with Crippen LogP contribution in [0.25, 0.3) is 0 Å². The van der Waals surface area contributed by atoms with Crippen molar-refractivity contribution in [1.82, 2.24) is 10.2 Å². The number of benzene rings is 4. The second-order valence-electron chi connectivity index (χ2n) is 11.0. The van der Waals surface area contributed by atoms with Gasteiger partial charge in [0, 0.05) is 36.2 Å². The van der Waals surface area contributed by atoms with E-state index in [9.17, 15) is 28.1 Å². The number of nitro benzene ring substituents is 1. The minimum Gasteiger partial charge on any atom is -0.495 e. The number of rotatable bonds is 15. The van der Waals surface area contributed by atoms with Gasteiger partial charge in [-0.1, -0.05) is 85.3 Å². The van der Waals surface area contributed by atoms with E-state index in [-0.39, 0.29) is 35.0 Å². The number of carbonyl (C=O) groups is 2. The van der Waals surface area contributed by atoms with Crippen LogP contribution < -0.4 is 14.4 Å². The Kier molecular flexibility index (Phi) is 12.2. The molecule has 0 radical (unpaired) electrons. The van der Waals surface area contributed by atoms with Crippen LogP contribution in [0, 0.1) is 17.0 Å². The number of carbonyl (C=O) groups excluding carboxylic acids is 2. The molecule has 0 saturated heterocycles. The van der Waals surface area contributed by atoms with E-state index >= 15 is 0 Å². The number of nitrogens with one attached hydrogen (secondary N) is 1. The van der Waals surface area contributed by atoms with Crippen molar-refractivity contribution in [2.24, 2.45) is 0 Å². The molecule has 0 aliphatic carbocycles. The molecule has 1 N–H and O–H groups in total. The Labute approximate surface area is 285 Å². The van der Waals surface area contributed by atoms with Crippen molar-refractivity contribution in [3.05, 3.63) is 129 Å². The summed E-state index contributed by atoms with van der Waals surface area (Å²) in [5.41, 5.74) is 1.32. The highest BCUT2D eigenvalue weighted by molar-refractivity contribution is 7.92. The lowest BCUT2D eigenvalue weighted by molar-refractivity contribution is -0.385. The minimum absolute atomic E-state index is 0.00666. The summed E-state index contributed by atoms with van der Waals surface area (Å²) in [7, 11) is -3.32. The Morgan fingerprint density at radius 3 is 2.21 bits per heavy atom. The normalized spacial score (nSPS) is 11.8. The molecule has 2 amide bonds. The van der Waals surface area contributed by atoms with Crippen molar-refractivity contribution in [3.63, 3.8) is 0 Å². The SMILES string of the molecule is CCCNC(=O)[C@@H](Cc1ccccc1)N(Cc1ccccc1)C(=O)CN(c1cc(Cl)ccc1OC)S(=O)(=O)c1ccc(C)c([N+](=O)[O-])c1. The summed E-state index contributed by atoms with van der Waals surface area (Å²) < 4.78 is 35.1. The molecule has 0 saturated carbocycles. The molecule has 0 aliphatic rings. The minimum atomic E-state index is -4.65. The number of hydrogen-bond acceptors (Lipinski definition) is 7.